The van der Waals surface area contributed by atoms with Crippen LogP contribution in [0.3, 0.4) is 0 Å². The molecule has 0 N–H and O–H groups in total. The summed E-state index contributed by atoms with van der Waals surface area (Å²) in [6.07, 6.45) is 12.6. The third-order valence-corrected chi connectivity index (χ3v) is 3.56. The second-order valence-electron chi connectivity index (χ2n) is 4.44. The van der Waals surface area contributed by atoms with Gasteiger partial charge >= 0.3 is 0 Å². The standard InChI is InChI=1S/C14H16/c1-2-5-11-9-10-12-6-4-8-14(12)13(11)7-3-1/h4,6,9-10H,1-3,5,7-8H2. The summed E-state index contributed by atoms with van der Waals surface area (Å²) in [6, 6.07) is 4.66. The van der Waals surface area contributed by atoms with E-state index in [2.05, 4.69) is 24.3 Å². The van der Waals surface area contributed by atoms with Crippen LogP contribution in [0.4, 0.5) is 0 Å². The van der Waals surface area contributed by atoms with Crippen LogP contribution in [-0.4, -0.2) is 0 Å². The second-order valence-corrected chi connectivity index (χ2v) is 4.44. The Morgan fingerprint density at radius 2 is 1.79 bits per heavy atom. The lowest BCUT2D eigenvalue weighted by Gasteiger charge is -2.11. The van der Waals surface area contributed by atoms with E-state index in [9.17, 15) is 0 Å². The van der Waals surface area contributed by atoms with E-state index in [1.807, 2.05) is 0 Å². The minimum absolute atomic E-state index is 1.18. The van der Waals surface area contributed by atoms with Gasteiger partial charge in [0, 0.05) is 0 Å². The Bertz CT molecular complexity index is 385. The van der Waals surface area contributed by atoms with Gasteiger partial charge in [0.2, 0.25) is 0 Å². The van der Waals surface area contributed by atoms with Crippen LogP contribution in [-0.2, 0) is 19.3 Å². The van der Waals surface area contributed by atoms with Gasteiger partial charge in [0.1, 0.15) is 0 Å². The van der Waals surface area contributed by atoms with Gasteiger partial charge in [0.15, 0.2) is 0 Å². The first kappa shape index (κ1) is 8.28. The Balaban J connectivity index is 2.13. The Kier molecular flexibility index (Phi) is 1.93. The second kappa shape index (κ2) is 3.27. The molecule has 0 bridgehead atoms. The van der Waals surface area contributed by atoms with Crippen LogP contribution in [0.2, 0.25) is 0 Å². The molecule has 2 aliphatic carbocycles. The van der Waals surface area contributed by atoms with Crippen molar-refractivity contribution in [3.05, 3.63) is 40.5 Å². The molecule has 1 aromatic rings. The average Bonchev–Trinajstić information content (AvgIpc) is 2.55. The normalized spacial score (nSPS) is 18.9. The summed E-state index contributed by atoms with van der Waals surface area (Å²) in [6.45, 7) is 0. The van der Waals surface area contributed by atoms with Gasteiger partial charge in [-0.05, 0) is 54.4 Å². The van der Waals surface area contributed by atoms with Crippen molar-refractivity contribution in [3.8, 4) is 0 Å². The summed E-state index contributed by atoms with van der Waals surface area (Å²) in [7, 11) is 0. The molecular formula is C14H16. The zero-order valence-corrected chi connectivity index (χ0v) is 8.55. The lowest BCUT2D eigenvalue weighted by molar-refractivity contribution is 0.711. The summed E-state index contributed by atoms with van der Waals surface area (Å²) < 4.78 is 0. The van der Waals surface area contributed by atoms with E-state index in [-0.39, 0.29) is 0 Å². The monoisotopic (exact) mass is 184 g/mol. The molecule has 2 aliphatic rings. The van der Waals surface area contributed by atoms with Gasteiger partial charge in [0.05, 0.1) is 0 Å². The van der Waals surface area contributed by atoms with E-state index in [4.69, 9.17) is 0 Å². The molecule has 0 heterocycles. The van der Waals surface area contributed by atoms with Crippen molar-refractivity contribution in [2.45, 2.75) is 38.5 Å². The van der Waals surface area contributed by atoms with Gasteiger partial charge in [-0.3, -0.25) is 0 Å². The largest absolute Gasteiger partial charge is 0.0795 e. The van der Waals surface area contributed by atoms with Crippen molar-refractivity contribution >= 4 is 6.08 Å². The zero-order chi connectivity index (χ0) is 9.38. The maximum absolute atomic E-state index is 2.36. The van der Waals surface area contributed by atoms with Crippen molar-refractivity contribution in [2.75, 3.05) is 0 Å². The van der Waals surface area contributed by atoms with E-state index < -0.39 is 0 Å². The lowest BCUT2D eigenvalue weighted by atomic mass is 9.94. The van der Waals surface area contributed by atoms with Crippen molar-refractivity contribution in [1.29, 1.82) is 0 Å². The molecule has 0 atom stereocenters. The fourth-order valence-corrected chi connectivity index (χ4v) is 2.80. The predicted molar refractivity (Wildman–Crippen MR) is 60.4 cm³/mol. The summed E-state index contributed by atoms with van der Waals surface area (Å²) in [4.78, 5) is 0. The molecule has 0 aliphatic heterocycles. The molecule has 0 radical (unpaired) electrons. The van der Waals surface area contributed by atoms with Crippen LogP contribution in [0.25, 0.3) is 6.08 Å². The summed E-state index contributed by atoms with van der Waals surface area (Å²) in [5.74, 6) is 0. The van der Waals surface area contributed by atoms with E-state index >= 15 is 0 Å². The number of hydrogen-bond donors (Lipinski definition) is 0. The molecule has 3 rings (SSSR count). The first-order valence-electron chi connectivity index (χ1n) is 5.75. The highest BCUT2D eigenvalue weighted by atomic mass is 14.2. The van der Waals surface area contributed by atoms with Crippen molar-refractivity contribution in [1.82, 2.24) is 0 Å². The Labute approximate surface area is 85.6 Å². The fraction of sp³-hybridized carbons (Fsp3) is 0.429. The smallest absolute Gasteiger partial charge is 0.00853 e. The molecule has 1 aromatic carbocycles. The minimum atomic E-state index is 1.18. The Hall–Kier alpha value is -1.04. The van der Waals surface area contributed by atoms with Crippen molar-refractivity contribution in [3.63, 3.8) is 0 Å². The molecule has 72 valence electrons. The highest BCUT2D eigenvalue weighted by molar-refractivity contribution is 5.63. The van der Waals surface area contributed by atoms with E-state index in [1.165, 1.54) is 44.1 Å². The first-order chi connectivity index (χ1) is 6.95. The van der Waals surface area contributed by atoms with Crippen LogP contribution in [0, 0.1) is 0 Å². The molecule has 0 amide bonds. The summed E-state index contributed by atoms with van der Waals surface area (Å²) in [5.41, 5.74) is 6.42. The Morgan fingerprint density at radius 3 is 2.79 bits per heavy atom. The van der Waals surface area contributed by atoms with Gasteiger partial charge in [-0.15, -0.1) is 0 Å². The van der Waals surface area contributed by atoms with Crippen LogP contribution in [0.1, 0.15) is 41.5 Å². The van der Waals surface area contributed by atoms with Gasteiger partial charge < -0.3 is 0 Å². The molecule has 0 aromatic heterocycles. The SMILES string of the molecule is C1=Cc2ccc3c(c2C1)CCCCC3. The quantitative estimate of drug-likeness (QED) is 0.541. The summed E-state index contributed by atoms with van der Waals surface area (Å²) >= 11 is 0. The van der Waals surface area contributed by atoms with Crippen LogP contribution in [0.15, 0.2) is 18.2 Å². The molecule has 14 heavy (non-hydrogen) atoms. The van der Waals surface area contributed by atoms with Gasteiger partial charge in [-0.1, -0.05) is 30.7 Å². The van der Waals surface area contributed by atoms with Crippen LogP contribution < -0.4 is 0 Å². The molecule has 0 fully saturated rings. The first-order valence-corrected chi connectivity index (χ1v) is 5.75. The average molecular weight is 184 g/mol. The third kappa shape index (κ3) is 1.21. The molecular weight excluding hydrogens is 168 g/mol. The molecule has 0 unspecified atom stereocenters. The molecule has 0 saturated carbocycles. The van der Waals surface area contributed by atoms with E-state index in [0.717, 1.165) is 0 Å². The number of fused-ring (bicyclic) bond motifs is 3. The number of allylic oxidation sites excluding steroid dienone is 1. The minimum Gasteiger partial charge on any atom is -0.0795 e. The topological polar surface area (TPSA) is 0 Å². The number of hydrogen-bond acceptors (Lipinski definition) is 0. The van der Waals surface area contributed by atoms with E-state index in [1.54, 1.807) is 16.7 Å². The van der Waals surface area contributed by atoms with Gasteiger partial charge in [0.25, 0.3) is 0 Å². The van der Waals surface area contributed by atoms with Gasteiger partial charge in [-0.25, -0.2) is 0 Å². The zero-order valence-electron chi connectivity index (χ0n) is 8.55. The predicted octanol–water partition coefficient (Wildman–Crippen LogP) is 3.52. The van der Waals surface area contributed by atoms with Crippen LogP contribution >= 0.6 is 0 Å². The van der Waals surface area contributed by atoms with Crippen molar-refractivity contribution < 1.29 is 0 Å². The summed E-state index contributed by atoms with van der Waals surface area (Å²) in [5, 5.41) is 0. The molecule has 0 nitrogen and oxygen atoms in total. The number of rotatable bonds is 0. The highest BCUT2D eigenvalue weighted by Crippen LogP contribution is 2.30. The number of aryl methyl sites for hydroxylation is 1. The maximum atomic E-state index is 2.36. The molecule has 0 heteroatoms. The van der Waals surface area contributed by atoms with E-state index in [0.29, 0.717) is 0 Å². The van der Waals surface area contributed by atoms with Gasteiger partial charge in [-0.2, -0.15) is 0 Å². The van der Waals surface area contributed by atoms with Crippen molar-refractivity contribution in [2.24, 2.45) is 0 Å². The molecule has 0 spiro atoms. The highest BCUT2D eigenvalue weighted by Gasteiger charge is 2.15. The maximum Gasteiger partial charge on any atom is -0.00853 e. The lowest BCUT2D eigenvalue weighted by Crippen LogP contribution is -1.97. The third-order valence-electron chi connectivity index (χ3n) is 3.56. The van der Waals surface area contributed by atoms with Crippen LogP contribution in [0.5, 0.6) is 0 Å². The molecule has 0 saturated heterocycles. The Morgan fingerprint density at radius 1 is 0.857 bits per heavy atom. The number of benzene rings is 1. The fourth-order valence-electron chi connectivity index (χ4n) is 2.80.